The molecule has 0 saturated heterocycles. The number of nitrogens with zero attached hydrogens (tertiary/aromatic N) is 2. The maximum atomic E-state index is 10.0. The fourth-order valence-corrected chi connectivity index (χ4v) is 5.44. The van der Waals surface area contributed by atoms with Gasteiger partial charge in [0.05, 0.1) is 11.3 Å². The van der Waals surface area contributed by atoms with E-state index < -0.39 is 0 Å². The van der Waals surface area contributed by atoms with E-state index >= 15 is 0 Å². The summed E-state index contributed by atoms with van der Waals surface area (Å²) in [7, 11) is 0. The first kappa shape index (κ1) is 27.3. The predicted octanol–water partition coefficient (Wildman–Crippen LogP) is 8.71. The number of benzene rings is 4. The van der Waals surface area contributed by atoms with E-state index in [1.165, 1.54) is 74.7 Å². The van der Waals surface area contributed by atoms with Gasteiger partial charge in [0, 0.05) is 54.2 Å². The molecule has 3 heterocycles. The minimum absolute atomic E-state index is 0. The van der Waals surface area contributed by atoms with E-state index in [1.807, 2.05) is 12.3 Å². The summed E-state index contributed by atoms with van der Waals surface area (Å²) in [6, 6.07) is 35.8. The van der Waals surface area contributed by atoms with Gasteiger partial charge in [-0.2, -0.15) is 0 Å². The number of aliphatic hydroxyl groups is 1. The van der Waals surface area contributed by atoms with Gasteiger partial charge in [0.15, 0.2) is 5.78 Å². The van der Waals surface area contributed by atoms with Crippen LogP contribution in [0.3, 0.4) is 0 Å². The van der Waals surface area contributed by atoms with Crippen molar-refractivity contribution in [2.45, 2.75) is 20.8 Å². The second-order valence-corrected chi connectivity index (χ2v) is 9.85. The van der Waals surface area contributed by atoms with E-state index in [-0.39, 0.29) is 31.6 Å². The molecule has 5 heteroatoms. The molecule has 0 amide bonds. The second-order valence-electron chi connectivity index (χ2n) is 9.85. The molecule has 0 aliphatic rings. The number of carbonyl (C=O) groups excluding carboxylic acids is 1. The molecule has 0 aliphatic carbocycles. The molecule has 1 N–H and O–H groups in total. The SMILES string of the molecule is CC(=O)/C=C(/C)O.Cc1cc(-c2[c-]cc3c(c2)c2cccc4c5ccccc5n3c24)ncc1-c1ccccc1.[Ir]. The van der Waals surface area contributed by atoms with Crippen molar-refractivity contribution in [2.75, 3.05) is 0 Å². The van der Waals surface area contributed by atoms with Crippen LogP contribution < -0.4 is 0 Å². The number of hydrogen-bond donors (Lipinski definition) is 1. The van der Waals surface area contributed by atoms with Gasteiger partial charge in [-0.15, -0.1) is 23.8 Å². The van der Waals surface area contributed by atoms with Crippen molar-refractivity contribution in [3.05, 3.63) is 121 Å². The van der Waals surface area contributed by atoms with Gasteiger partial charge < -0.3 is 14.5 Å². The standard InChI is InChI=1S/C30H19N2.C5H8O2.Ir/c1-19-16-27(31-18-26(19)20-8-3-2-4-9-20)21-14-15-29-25(17-21)24-12-7-11-23-22-10-5-6-13-28(22)32(29)30(23)24;1-4(6)3-5(2)7;/h2-13,15-18H,1H3;3,6H,1-2H3;/q-1;;/b;4-3-;. The van der Waals surface area contributed by atoms with Crippen LogP contribution in [0, 0.1) is 13.0 Å². The molecule has 199 valence electrons. The summed E-state index contributed by atoms with van der Waals surface area (Å²) >= 11 is 0. The molecule has 0 aliphatic heterocycles. The molecule has 4 nitrogen and oxygen atoms in total. The van der Waals surface area contributed by atoms with E-state index in [9.17, 15) is 4.79 Å². The normalized spacial score (nSPS) is 11.5. The Morgan fingerprint density at radius 1 is 0.850 bits per heavy atom. The van der Waals surface area contributed by atoms with Crippen LogP contribution in [0.5, 0.6) is 0 Å². The van der Waals surface area contributed by atoms with Crippen LogP contribution in [-0.2, 0) is 24.9 Å². The molecule has 7 rings (SSSR count). The smallest absolute Gasteiger partial charge is 0.155 e. The monoisotopic (exact) mass is 700 g/mol. The number of para-hydroxylation sites is 2. The largest absolute Gasteiger partial charge is 0.512 e. The average molecular weight is 700 g/mol. The van der Waals surface area contributed by atoms with Gasteiger partial charge in [-0.05, 0) is 54.6 Å². The van der Waals surface area contributed by atoms with Gasteiger partial charge in [0.1, 0.15) is 0 Å². The topological polar surface area (TPSA) is 54.6 Å². The summed E-state index contributed by atoms with van der Waals surface area (Å²) in [4.78, 5) is 14.8. The molecule has 0 spiro atoms. The van der Waals surface area contributed by atoms with Crippen LogP contribution >= 0.6 is 0 Å². The maximum absolute atomic E-state index is 10.0. The quantitative estimate of drug-likeness (QED) is 0.114. The molecule has 0 saturated carbocycles. The summed E-state index contributed by atoms with van der Waals surface area (Å²) in [5.41, 5.74) is 9.29. The van der Waals surface area contributed by atoms with Crippen molar-refractivity contribution >= 4 is 43.9 Å². The first-order chi connectivity index (χ1) is 18.9. The Bertz CT molecular complexity index is 2020. The number of pyridine rings is 1. The maximum Gasteiger partial charge on any atom is 0.155 e. The predicted molar refractivity (Wildman–Crippen MR) is 160 cm³/mol. The third-order valence-corrected chi connectivity index (χ3v) is 7.04. The molecule has 40 heavy (non-hydrogen) atoms. The van der Waals surface area contributed by atoms with Crippen LogP contribution in [0.1, 0.15) is 19.4 Å². The van der Waals surface area contributed by atoms with Crippen molar-refractivity contribution in [1.29, 1.82) is 0 Å². The van der Waals surface area contributed by atoms with Crippen molar-refractivity contribution in [3.63, 3.8) is 0 Å². The number of ketones is 1. The van der Waals surface area contributed by atoms with Gasteiger partial charge in [0.25, 0.3) is 0 Å². The van der Waals surface area contributed by atoms with E-state index in [0.29, 0.717) is 0 Å². The molecule has 0 fully saturated rings. The first-order valence-corrected chi connectivity index (χ1v) is 12.9. The van der Waals surface area contributed by atoms with Crippen LogP contribution in [-0.4, -0.2) is 20.3 Å². The van der Waals surface area contributed by atoms with Crippen LogP contribution in [0.25, 0.3) is 60.5 Å². The zero-order valence-electron chi connectivity index (χ0n) is 22.4. The Balaban J connectivity index is 0.000000362. The number of allylic oxidation sites excluding steroid dienone is 2. The third-order valence-electron chi connectivity index (χ3n) is 7.04. The number of aliphatic hydroxyl groups excluding tert-OH is 1. The molecular weight excluding hydrogens is 673 g/mol. The zero-order valence-corrected chi connectivity index (χ0v) is 24.8. The minimum atomic E-state index is -0.125. The molecule has 3 aromatic heterocycles. The van der Waals surface area contributed by atoms with E-state index in [4.69, 9.17) is 10.1 Å². The molecular formula is C35H27IrN2O2-. The molecule has 7 aromatic rings. The van der Waals surface area contributed by atoms with Crippen LogP contribution in [0.15, 0.2) is 109 Å². The number of hydrogen-bond acceptors (Lipinski definition) is 3. The fraction of sp³-hybridized carbons (Fsp3) is 0.0857. The first-order valence-electron chi connectivity index (χ1n) is 12.9. The van der Waals surface area contributed by atoms with Gasteiger partial charge in [-0.25, -0.2) is 0 Å². The summed E-state index contributed by atoms with van der Waals surface area (Å²) in [5.74, 6) is -0.0625. The van der Waals surface area contributed by atoms with Crippen LogP contribution in [0.2, 0.25) is 0 Å². The average Bonchev–Trinajstić information content (AvgIpc) is 3.45. The second kappa shape index (κ2) is 11.1. The Labute approximate surface area is 246 Å². The summed E-state index contributed by atoms with van der Waals surface area (Å²) in [6.45, 7) is 5.00. The molecule has 0 bridgehead atoms. The van der Waals surface area contributed by atoms with Gasteiger partial charge in [0.2, 0.25) is 0 Å². The van der Waals surface area contributed by atoms with Crippen molar-refractivity contribution < 1.29 is 30.0 Å². The van der Waals surface area contributed by atoms with E-state index in [0.717, 1.165) is 11.3 Å². The summed E-state index contributed by atoms with van der Waals surface area (Å²) in [6.07, 6.45) is 3.15. The zero-order chi connectivity index (χ0) is 27.1. The third kappa shape index (κ3) is 4.79. The fourth-order valence-electron chi connectivity index (χ4n) is 5.44. The molecule has 4 aromatic carbocycles. The summed E-state index contributed by atoms with van der Waals surface area (Å²) < 4.78 is 2.38. The molecule has 0 atom stereocenters. The van der Waals surface area contributed by atoms with Gasteiger partial charge in [-0.3, -0.25) is 4.79 Å². The van der Waals surface area contributed by atoms with E-state index in [2.05, 4.69) is 102 Å². The molecule has 1 radical (unpaired) electrons. The Morgan fingerprint density at radius 3 is 2.20 bits per heavy atom. The summed E-state index contributed by atoms with van der Waals surface area (Å²) in [5, 5.41) is 13.5. The van der Waals surface area contributed by atoms with Crippen LogP contribution in [0.4, 0.5) is 0 Å². The van der Waals surface area contributed by atoms with Gasteiger partial charge >= 0.3 is 0 Å². The Kier molecular flexibility index (Phi) is 7.53. The minimum Gasteiger partial charge on any atom is -0.512 e. The number of aryl methyl sites for hydroxylation is 1. The van der Waals surface area contributed by atoms with Crippen molar-refractivity contribution in [1.82, 2.24) is 9.38 Å². The van der Waals surface area contributed by atoms with Gasteiger partial charge in [-0.1, -0.05) is 78.2 Å². The Hall–Kier alpha value is -4.31. The van der Waals surface area contributed by atoms with Crippen molar-refractivity contribution in [3.8, 4) is 22.4 Å². The van der Waals surface area contributed by atoms with E-state index in [1.54, 1.807) is 0 Å². The number of rotatable bonds is 3. The Morgan fingerprint density at radius 2 is 1.52 bits per heavy atom. The number of aromatic nitrogens is 2. The number of fused-ring (bicyclic) bond motifs is 6. The number of carbonyl (C=O) groups is 1. The molecule has 0 unspecified atom stereocenters. The van der Waals surface area contributed by atoms with Crippen molar-refractivity contribution in [2.24, 2.45) is 0 Å².